The molecule has 0 atom stereocenters. The molecule has 5 heteroatoms. The van der Waals surface area contributed by atoms with Crippen molar-refractivity contribution in [1.29, 1.82) is 0 Å². The zero-order valence-corrected chi connectivity index (χ0v) is 10.9. The van der Waals surface area contributed by atoms with Crippen LogP contribution in [0.1, 0.15) is 21.8 Å². The van der Waals surface area contributed by atoms with Gasteiger partial charge in [-0.2, -0.15) is 0 Å². The maximum atomic E-state index is 12.1. The number of oxazole rings is 1. The summed E-state index contributed by atoms with van der Waals surface area (Å²) in [6.45, 7) is 1.94. The van der Waals surface area contributed by atoms with E-state index in [1.165, 1.54) is 12.4 Å². The normalized spacial score (nSPS) is 10.7. The van der Waals surface area contributed by atoms with Crippen LogP contribution in [0.2, 0.25) is 0 Å². The molecule has 0 fully saturated rings. The Kier molecular flexibility index (Phi) is 3.16. The van der Waals surface area contributed by atoms with Gasteiger partial charge in [0.05, 0.1) is 6.20 Å². The minimum atomic E-state index is -0.458. The third kappa shape index (κ3) is 2.38. The van der Waals surface area contributed by atoms with E-state index in [0.717, 1.165) is 5.56 Å². The van der Waals surface area contributed by atoms with Gasteiger partial charge < -0.3 is 9.15 Å². The number of esters is 1. The Balaban J connectivity index is 1.82. The molecule has 0 N–H and O–H groups in total. The first-order valence-electron chi connectivity index (χ1n) is 6.16. The number of hydrogen-bond acceptors (Lipinski definition) is 5. The van der Waals surface area contributed by atoms with Crippen molar-refractivity contribution in [2.75, 3.05) is 0 Å². The molecule has 0 saturated carbocycles. The highest BCUT2D eigenvalue weighted by atomic mass is 16.5. The minimum Gasteiger partial charge on any atom is -0.457 e. The van der Waals surface area contributed by atoms with E-state index in [9.17, 15) is 4.79 Å². The van der Waals surface area contributed by atoms with Crippen LogP contribution >= 0.6 is 0 Å². The van der Waals surface area contributed by atoms with Crippen LogP contribution in [0, 0.1) is 6.92 Å². The van der Waals surface area contributed by atoms with Gasteiger partial charge in [-0.25, -0.2) is 9.78 Å². The van der Waals surface area contributed by atoms with Crippen LogP contribution < -0.4 is 0 Å². The number of pyridine rings is 1. The lowest BCUT2D eigenvalue weighted by Crippen LogP contribution is -2.06. The number of aromatic nitrogens is 2. The molecule has 0 unspecified atom stereocenters. The highest BCUT2D eigenvalue weighted by molar-refractivity contribution is 6.00. The van der Waals surface area contributed by atoms with Gasteiger partial charge in [-0.1, -0.05) is 30.3 Å². The number of ether oxygens (including phenoxy) is 1. The highest BCUT2D eigenvalue weighted by Crippen LogP contribution is 2.19. The van der Waals surface area contributed by atoms with E-state index in [1.54, 1.807) is 6.92 Å². The Morgan fingerprint density at radius 2 is 2.05 bits per heavy atom. The average Bonchev–Trinajstić information content (AvgIpc) is 2.85. The molecule has 20 heavy (non-hydrogen) atoms. The van der Waals surface area contributed by atoms with Crippen LogP contribution in [-0.2, 0) is 11.3 Å². The van der Waals surface area contributed by atoms with Crippen molar-refractivity contribution < 1.29 is 13.9 Å². The second kappa shape index (κ2) is 5.13. The van der Waals surface area contributed by atoms with Gasteiger partial charge in [0.1, 0.15) is 17.7 Å². The molecule has 0 bridgehead atoms. The maximum absolute atomic E-state index is 12.1. The lowest BCUT2D eigenvalue weighted by molar-refractivity contribution is 0.0474. The van der Waals surface area contributed by atoms with Gasteiger partial charge in [-0.3, -0.25) is 4.98 Å². The Hall–Kier alpha value is -2.69. The van der Waals surface area contributed by atoms with E-state index in [4.69, 9.17) is 9.15 Å². The summed E-state index contributed by atoms with van der Waals surface area (Å²) >= 11 is 0. The van der Waals surface area contributed by atoms with Crippen LogP contribution in [-0.4, -0.2) is 15.9 Å². The average molecular weight is 268 g/mol. The van der Waals surface area contributed by atoms with Crippen molar-refractivity contribution in [3.63, 3.8) is 0 Å². The predicted molar refractivity (Wildman–Crippen MR) is 72.1 cm³/mol. The molecule has 100 valence electrons. The first kappa shape index (κ1) is 12.3. The molecule has 2 heterocycles. The molecule has 5 nitrogen and oxygen atoms in total. The monoisotopic (exact) mass is 268 g/mol. The molecular weight excluding hydrogens is 256 g/mol. The van der Waals surface area contributed by atoms with E-state index < -0.39 is 5.97 Å². The first-order valence-corrected chi connectivity index (χ1v) is 6.16. The predicted octanol–water partition coefficient (Wildman–Crippen LogP) is 2.89. The molecule has 0 amide bonds. The van der Waals surface area contributed by atoms with E-state index in [-0.39, 0.29) is 6.61 Å². The van der Waals surface area contributed by atoms with E-state index in [0.29, 0.717) is 22.6 Å². The molecule has 0 aliphatic heterocycles. The number of aryl methyl sites for hydroxylation is 1. The van der Waals surface area contributed by atoms with Gasteiger partial charge in [0.2, 0.25) is 0 Å². The van der Waals surface area contributed by atoms with Crippen LogP contribution in [0.3, 0.4) is 0 Å². The van der Waals surface area contributed by atoms with E-state index >= 15 is 0 Å². The van der Waals surface area contributed by atoms with Crippen LogP contribution in [0.25, 0.3) is 11.1 Å². The van der Waals surface area contributed by atoms with Crippen LogP contribution in [0.4, 0.5) is 0 Å². The number of fused-ring (bicyclic) bond motifs is 1. The van der Waals surface area contributed by atoms with Crippen molar-refractivity contribution in [1.82, 2.24) is 9.97 Å². The molecule has 1 aromatic carbocycles. The molecule has 0 radical (unpaired) electrons. The van der Waals surface area contributed by atoms with E-state index in [1.807, 2.05) is 30.3 Å². The Bertz CT molecular complexity index is 750. The largest absolute Gasteiger partial charge is 0.457 e. The summed E-state index contributed by atoms with van der Waals surface area (Å²) in [5, 5.41) is 0. The molecule has 3 aromatic rings. The topological polar surface area (TPSA) is 65.2 Å². The number of carbonyl (C=O) groups is 1. The van der Waals surface area contributed by atoms with Crippen LogP contribution in [0.15, 0.2) is 47.1 Å². The van der Waals surface area contributed by atoms with Gasteiger partial charge >= 0.3 is 5.97 Å². The lowest BCUT2D eigenvalue weighted by atomic mass is 10.2. The number of nitrogens with zero attached hydrogens (tertiary/aromatic N) is 2. The van der Waals surface area contributed by atoms with Crippen molar-refractivity contribution in [3.8, 4) is 0 Å². The number of hydrogen-bond donors (Lipinski definition) is 0. The van der Waals surface area contributed by atoms with Crippen molar-refractivity contribution in [2.24, 2.45) is 0 Å². The summed E-state index contributed by atoms with van der Waals surface area (Å²) in [5.74, 6) is 0.0327. The maximum Gasteiger partial charge on any atom is 0.342 e. The summed E-state index contributed by atoms with van der Waals surface area (Å²) in [6, 6.07) is 9.49. The summed E-state index contributed by atoms with van der Waals surface area (Å²) in [6.07, 6.45) is 2.97. The quantitative estimate of drug-likeness (QED) is 0.683. The second-order valence-electron chi connectivity index (χ2n) is 4.33. The van der Waals surface area contributed by atoms with Crippen LogP contribution in [0.5, 0.6) is 0 Å². The van der Waals surface area contributed by atoms with Gasteiger partial charge in [-0.05, 0) is 5.56 Å². The smallest absolute Gasteiger partial charge is 0.342 e. The number of carbonyl (C=O) groups excluding carboxylic acids is 1. The molecule has 0 aliphatic rings. The molecular formula is C15H12N2O3. The van der Waals surface area contributed by atoms with Gasteiger partial charge in [-0.15, -0.1) is 0 Å². The summed E-state index contributed by atoms with van der Waals surface area (Å²) in [5.41, 5.74) is 2.21. The summed E-state index contributed by atoms with van der Waals surface area (Å²) in [7, 11) is 0. The molecule has 0 saturated heterocycles. The first-order chi connectivity index (χ1) is 9.74. The Morgan fingerprint density at radius 3 is 2.85 bits per heavy atom. The van der Waals surface area contributed by atoms with Crippen molar-refractivity contribution >= 4 is 17.1 Å². The van der Waals surface area contributed by atoms with Crippen molar-refractivity contribution in [2.45, 2.75) is 13.5 Å². The third-order valence-corrected chi connectivity index (χ3v) is 2.84. The standard InChI is InChI=1S/C15H12N2O3/c1-10-17-14-12(7-16-8-13(14)20-10)15(18)19-9-11-5-3-2-4-6-11/h2-8H,9H2,1H3. The Labute approximate surface area is 115 Å². The fourth-order valence-electron chi connectivity index (χ4n) is 1.91. The SMILES string of the molecule is Cc1nc2c(C(=O)OCc3ccccc3)cncc2o1. The zero-order chi connectivity index (χ0) is 13.9. The lowest BCUT2D eigenvalue weighted by Gasteiger charge is -2.04. The fourth-order valence-corrected chi connectivity index (χ4v) is 1.91. The summed E-state index contributed by atoms with van der Waals surface area (Å²) < 4.78 is 10.6. The van der Waals surface area contributed by atoms with Gasteiger partial charge in [0.25, 0.3) is 0 Å². The molecule has 3 rings (SSSR count). The second-order valence-corrected chi connectivity index (χ2v) is 4.33. The third-order valence-electron chi connectivity index (χ3n) is 2.84. The number of rotatable bonds is 3. The molecule has 0 aliphatic carbocycles. The Morgan fingerprint density at radius 1 is 1.25 bits per heavy atom. The van der Waals surface area contributed by atoms with Crippen molar-refractivity contribution in [3.05, 3.63) is 59.7 Å². The summed E-state index contributed by atoms with van der Waals surface area (Å²) in [4.78, 5) is 20.2. The van der Waals surface area contributed by atoms with Gasteiger partial charge in [0.15, 0.2) is 11.5 Å². The molecule has 2 aromatic heterocycles. The van der Waals surface area contributed by atoms with E-state index in [2.05, 4.69) is 9.97 Å². The fraction of sp³-hybridized carbons (Fsp3) is 0.133. The van der Waals surface area contributed by atoms with Gasteiger partial charge in [0, 0.05) is 13.1 Å². The zero-order valence-electron chi connectivity index (χ0n) is 10.9. The molecule has 0 spiro atoms. The number of benzene rings is 1. The minimum absolute atomic E-state index is 0.215. The highest BCUT2D eigenvalue weighted by Gasteiger charge is 2.16.